The minimum absolute atomic E-state index is 0.357. The molecule has 3 aromatic rings. The summed E-state index contributed by atoms with van der Waals surface area (Å²) in [6.45, 7) is 5.74. The summed E-state index contributed by atoms with van der Waals surface area (Å²) in [5, 5.41) is 0. The molecule has 0 aliphatic heterocycles. The second-order valence-electron chi connectivity index (χ2n) is 7.80. The van der Waals surface area contributed by atoms with Crippen LogP contribution >= 0.6 is 0 Å². The van der Waals surface area contributed by atoms with Crippen LogP contribution in [-0.2, 0) is 12.8 Å². The molecule has 2 unspecified atom stereocenters. The standard InChI is InChI=1S/C29H30F2/c1-3-5-7-9-23-12-16-26(17-13-23)28(30)29(31)27-20-18-25(19-21-27)24-14-10-22(11-15-24)8-6-4-2/h3-5,10-21,28-29H,2,6-9H2,1H3/b5-3+. The van der Waals surface area contributed by atoms with E-state index in [2.05, 4.69) is 36.9 Å². The van der Waals surface area contributed by atoms with Gasteiger partial charge in [0.1, 0.15) is 0 Å². The first-order valence-electron chi connectivity index (χ1n) is 10.9. The summed E-state index contributed by atoms with van der Waals surface area (Å²) >= 11 is 0. The Labute approximate surface area is 185 Å². The van der Waals surface area contributed by atoms with E-state index < -0.39 is 12.3 Å². The van der Waals surface area contributed by atoms with Gasteiger partial charge in [0.25, 0.3) is 0 Å². The highest BCUT2D eigenvalue weighted by Crippen LogP contribution is 2.36. The molecule has 0 spiro atoms. The van der Waals surface area contributed by atoms with E-state index in [0.29, 0.717) is 11.1 Å². The Morgan fingerprint density at radius 3 is 1.58 bits per heavy atom. The minimum atomic E-state index is -1.69. The molecule has 0 radical (unpaired) electrons. The molecule has 3 aromatic carbocycles. The molecule has 160 valence electrons. The van der Waals surface area contributed by atoms with Crippen molar-refractivity contribution in [3.8, 4) is 11.1 Å². The number of alkyl halides is 2. The molecular formula is C29H30F2. The zero-order valence-electron chi connectivity index (χ0n) is 18.1. The third-order valence-electron chi connectivity index (χ3n) is 5.54. The van der Waals surface area contributed by atoms with Crippen molar-refractivity contribution in [2.75, 3.05) is 0 Å². The van der Waals surface area contributed by atoms with Crippen LogP contribution in [0.3, 0.4) is 0 Å². The van der Waals surface area contributed by atoms with Crippen molar-refractivity contribution in [2.24, 2.45) is 0 Å². The monoisotopic (exact) mass is 416 g/mol. The van der Waals surface area contributed by atoms with E-state index in [1.807, 2.05) is 43.3 Å². The van der Waals surface area contributed by atoms with Crippen LogP contribution in [-0.4, -0.2) is 0 Å². The zero-order valence-corrected chi connectivity index (χ0v) is 18.1. The average Bonchev–Trinajstić information content (AvgIpc) is 2.83. The van der Waals surface area contributed by atoms with Gasteiger partial charge in [0, 0.05) is 0 Å². The molecule has 0 fully saturated rings. The molecule has 0 aliphatic rings. The molecule has 31 heavy (non-hydrogen) atoms. The summed E-state index contributed by atoms with van der Waals surface area (Å²) in [6.07, 6.45) is 6.44. The van der Waals surface area contributed by atoms with Crippen molar-refractivity contribution < 1.29 is 8.78 Å². The highest BCUT2D eigenvalue weighted by atomic mass is 19.2. The first kappa shape index (κ1) is 22.7. The van der Waals surface area contributed by atoms with Gasteiger partial charge in [-0.2, -0.15) is 0 Å². The summed E-state index contributed by atoms with van der Waals surface area (Å²) in [7, 11) is 0. The van der Waals surface area contributed by atoms with Gasteiger partial charge in [-0.1, -0.05) is 91.0 Å². The third-order valence-corrected chi connectivity index (χ3v) is 5.54. The van der Waals surface area contributed by atoms with Gasteiger partial charge < -0.3 is 0 Å². The van der Waals surface area contributed by atoms with Gasteiger partial charge in [-0.05, 0) is 66.0 Å². The van der Waals surface area contributed by atoms with E-state index in [-0.39, 0.29) is 0 Å². The third kappa shape index (κ3) is 6.24. The molecule has 2 atom stereocenters. The number of allylic oxidation sites excluding steroid dienone is 3. The highest BCUT2D eigenvalue weighted by Gasteiger charge is 2.24. The fraction of sp³-hybridized carbons (Fsp3) is 0.241. The second-order valence-corrected chi connectivity index (χ2v) is 7.80. The van der Waals surface area contributed by atoms with E-state index in [9.17, 15) is 8.78 Å². The number of hydrogen-bond donors (Lipinski definition) is 0. The maximum Gasteiger partial charge on any atom is 0.160 e. The molecule has 0 aliphatic carbocycles. The number of aryl methyl sites for hydroxylation is 2. The van der Waals surface area contributed by atoms with Crippen LogP contribution < -0.4 is 0 Å². The van der Waals surface area contributed by atoms with Crippen LogP contribution in [0.15, 0.2) is 97.6 Å². The summed E-state index contributed by atoms with van der Waals surface area (Å²) in [4.78, 5) is 0. The Morgan fingerprint density at radius 2 is 1.10 bits per heavy atom. The van der Waals surface area contributed by atoms with Crippen LogP contribution in [0.2, 0.25) is 0 Å². The first-order chi connectivity index (χ1) is 15.1. The molecule has 0 saturated heterocycles. The number of rotatable bonds is 10. The maximum atomic E-state index is 14.9. The Kier molecular flexibility index (Phi) is 8.35. The lowest BCUT2D eigenvalue weighted by Crippen LogP contribution is -2.02. The molecule has 0 nitrogen and oxygen atoms in total. The van der Waals surface area contributed by atoms with Gasteiger partial charge in [0.05, 0.1) is 0 Å². The predicted molar refractivity (Wildman–Crippen MR) is 128 cm³/mol. The molecule has 3 rings (SSSR count). The van der Waals surface area contributed by atoms with E-state index in [0.717, 1.165) is 42.4 Å². The molecule has 0 amide bonds. The Bertz CT molecular complexity index is 967. The normalized spacial score (nSPS) is 13.3. The molecule has 0 N–H and O–H groups in total. The lowest BCUT2D eigenvalue weighted by molar-refractivity contribution is 0.170. The van der Waals surface area contributed by atoms with Gasteiger partial charge in [0.2, 0.25) is 0 Å². The topological polar surface area (TPSA) is 0 Å². The lowest BCUT2D eigenvalue weighted by atomic mass is 9.96. The molecule has 0 saturated carbocycles. The van der Waals surface area contributed by atoms with Crippen molar-refractivity contribution in [1.82, 2.24) is 0 Å². The maximum absolute atomic E-state index is 14.9. The minimum Gasteiger partial charge on any atom is -0.239 e. The van der Waals surface area contributed by atoms with Crippen molar-refractivity contribution in [3.63, 3.8) is 0 Å². The largest absolute Gasteiger partial charge is 0.239 e. The quantitative estimate of drug-likeness (QED) is 0.290. The van der Waals surface area contributed by atoms with Crippen LogP contribution in [0.5, 0.6) is 0 Å². The number of halogens is 2. The Hall–Kier alpha value is -3.00. The smallest absolute Gasteiger partial charge is 0.160 e. The van der Waals surface area contributed by atoms with Crippen molar-refractivity contribution in [1.29, 1.82) is 0 Å². The average molecular weight is 417 g/mol. The number of hydrogen-bond acceptors (Lipinski definition) is 0. The molecule has 0 aromatic heterocycles. The van der Waals surface area contributed by atoms with Crippen LogP contribution in [0.4, 0.5) is 8.78 Å². The molecule has 2 heteroatoms. The van der Waals surface area contributed by atoms with Crippen molar-refractivity contribution in [3.05, 3.63) is 120 Å². The number of benzene rings is 3. The Balaban J connectivity index is 1.65. The van der Waals surface area contributed by atoms with E-state index in [4.69, 9.17) is 0 Å². The zero-order chi connectivity index (χ0) is 22.1. The molecular weight excluding hydrogens is 386 g/mol. The second kappa shape index (κ2) is 11.4. The fourth-order valence-electron chi connectivity index (χ4n) is 3.61. The van der Waals surface area contributed by atoms with Crippen molar-refractivity contribution in [2.45, 2.75) is 45.0 Å². The van der Waals surface area contributed by atoms with Gasteiger partial charge in [-0.25, -0.2) is 8.78 Å². The summed E-state index contributed by atoms with van der Waals surface area (Å²) in [5.41, 5.74) is 5.18. The van der Waals surface area contributed by atoms with E-state index >= 15 is 0 Å². The lowest BCUT2D eigenvalue weighted by Gasteiger charge is -2.15. The molecule has 0 bridgehead atoms. The van der Waals surface area contributed by atoms with Crippen LogP contribution in [0.1, 0.15) is 54.4 Å². The summed E-state index contributed by atoms with van der Waals surface area (Å²) in [5.74, 6) is 0. The first-order valence-corrected chi connectivity index (χ1v) is 10.9. The Morgan fingerprint density at radius 1 is 0.677 bits per heavy atom. The fourth-order valence-corrected chi connectivity index (χ4v) is 3.61. The molecule has 0 heterocycles. The summed E-state index contributed by atoms with van der Waals surface area (Å²) in [6, 6.07) is 22.6. The van der Waals surface area contributed by atoms with Gasteiger partial charge in [0.15, 0.2) is 12.3 Å². The van der Waals surface area contributed by atoms with Crippen LogP contribution in [0, 0.1) is 0 Å². The SMILES string of the molecule is C=CCCc1ccc(-c2ccc(C(F)C(F)c3ccc(CC/C=C/C)cc3)cc2)cc1. The predicted octanol–water partition coefficient (Wildman–Crippen LogP) is 8.70. The van der Waals surface area contributed by atoms with E-state index in [1.165, 1.54) is 5.56 Å². The van der Waals surface area contributed by atoms with Gasteiger partial charge >= 0.3 is 0 Å². The van der Waals surface area contributed by atoms with Crippen LogP contribution in [0.25, 0.3) is 11.1 Å². The van der Waals surface area contributed by atoms with Gasteiger partial charge in [-0.3, -0.25) is 0 Å². The van der Waals surface area contributed by atoms with E-state index in [1.54, 1.807) is 24.3 Å². The van der Waals surface area contributed by atoms with Crippen molar-refractivity contribution >= 4 is 0 Å². The summed E-state index contributed by atoms with van der Waals surface area (Å²) < 4.78 is 29.7. The highest BCUT2D eigenvalue weighted by molar-refractivity contribution is 5.64. The van der Waals surface area contributed by atoms with Gasteiger partial charge in [-0.15, -0.1) is 6.58 Å².